The summed E-state index contributed by atoms with van der Waals surface area (Å²) in [5.41, 5.74) is 0.819. The molecule has 0 aliphatic heterocycles. The van der Waals surface area contributed by atoms with Crippen LogP contribution in [-0.2, 0) is 6.42 Å². The zero-order chi connectivity index (χ0) is 11.3. The van der Waals surface area contributed by atoms with Gasteiger partial charge >= 0.3 is 0 Å². The largest absolute Gasteiger partial charge is 0.496 e. The number of hydrogen-bond donors (Lipinski definition) is 0. The van der Waals surface area contributed by atoms with Gasteiger partial charge in [0.15, 0.2) is 0 Å². The summed E-state index contributed by atoms with van der Waals surface area (Å²) >= 11 is 3.31. The minimum absolute atomic E-state index is 0.0235. The van der Waals surface area contributed by atoms with Crippen molar-refractivity contribution in [1.29, 1.82) is 0 Å². The molecule has 1 nitrogen and oxygen atoms in total. The lowest BCUT2D eigenvalue weighted by Crippen LogP contribution is -1.98. The molecule has 1 rings (SSSR count). The van der Waals surface area contributed by atoms with E-state index >= 15 is 0 Å². The summed E-state index contributed by atoms with van der Waals surface area (Å²) in [4.78, 5) is 0. The van der Waals surface area contributed by atoms with Crippen LogP contribution in [0.3, 0.4) is 0 Å². The van der Waals surface area contributed by atoms with E-state index in [-0.39, 0.29) is 5.56 Å². The summed E-state index contributed by atoms with van der Waals surface area (Å²) in [5.74, 6) is 0.327. The molecule has 0 unspecified atom stereocenters. The Morgan fingerprint density at radius 2 is 2.13 bits per heavy atom. The van der Waals surface area contributed by atoms with Crippen LogP contribution in [0.2, 0.25) is 0 Å². The van der Waals surface area contributed by atoms with Gasteiger partial charge in [-0.2, -0.15) is 0 Å². The number of rotatable bonds is 5. The van der Waals surface area contributed by atoms with Crippen LogP contribution in [0, 0.1) is 0 Å². The Bertz CT molecular complexity index is 315. The van der Waals surface area contributed by atoms with Gasteiger partial charge in [-0.3, -0.25) is 0 Å². The number of halogens is 3. The lowest BCUT2D eigenvalue weighted by atomic mass is 10.1. The topological polar surface area (TPSA) is 9.23 Å². The van der Waals surface area contributed by atoms with E-state index in [0.717, 1.165) is 23.7 Å². The molecule has 84 valence electrons. The second kappa shape index (κ2) is 6.05. The average molecular weight is 279 g/mol. The predicted molar refractivity (Wildman–Crippen MR) is 60.1 cm³/mol. The smallest absolute Gasteiger partial charge is 0.267 e. The first-order chi connectivity index (χ1) is 7.20. The van der Waals surface area contributed by atoms with Gasteiger partial charge in [0.1, 0.15) is 5.75 Å². The van der Waals surface area contributed by atoms with Gasteiger partial charge in [0.25, 0.3) is 6.43 Å². The highest BCUT2D eigenvalue weighted by atomic mass is 79.9. The van der Waals surface area contributed by atoms with Crippen LogP contribution in [0.25, 0.3) is 0 Å². The van der Waals surface area contributed by atoms with Crippen molar-refractivity contribution < 1.29 is 13.5 Å². The number of ether oxygens (including phenoxy) is 1. The number of benzene rings is 1. The van der Waals surface area contributed by atoms with Crippen molar-refractivity contribution in [2.24, 2.45) is 0 Å². The number of hydrogen-bond acceptors (Lipinski definition) is 1. The van der Waals surface area contributed by atoms with Crippen LogP contribution in [0.5, 0.6) is 5.75 Å². The highest BCUT2D eigenvalue weighted by Crippen LogP contribution is 2.32. The van der Waals surface area contributed by atoms with Gasteiger partial charge in [-0.15, -0.1) is 0 Å². The molecule has 0 N–H and O–H groups in total. The van der Waals surface area contributed by atoms with E-state index in [1.54, 1.807) is 6.07 Å². The molecular formula is C11H13BrF2O. The average Bonchev–Trinajstić information content (AvgIpc) is 2.25. The Morgan fingerprint density at radius 1 is 1.40 bits per heavy atom. The molecule has 0 atom stereocenters. The quantitative estimate of drug-likeness (QED) is 0.741. The fraction of sp³-hybridized carbons (Fsp3) is 0.455. The van der Waals surface area contributed by atoms with Crippen molar-refractivity contribution in [2.75, 3.05) is 12.4 Å². The molecule has 1 aromatic rings. The van der Waals surface area contributed by atoms with Gasteiger partial charge in [-0.25, -0.2) is 8.78 Å². The molecule has 4 heteroatoms. The normalized spacial score (nSPS) is 10.7. The Morgan fingerprint density at radius 3 is 2.67 bits per heavy atom. The number of para-hydroxylation sites is 1. The molecule has 0 heterocycles. The van der Waals surface area contributed by atoms with Crippen LogP contribution in [-0.4, -0.2) is 12.4 Å². The maximum absolute atomic E-state index is 12.6. The zero-order valence-electron chi connectivity index (χ0n) is 8.47. The van der Waals surface area contributed by atoms with E-state index in [9.17, 15) is 8.78 Å². The van der Waals surface area contributed by atoms with Gasteiger partial charge < -0.3 is 4.74 Å². The Labute approximate surface area is 96.6 Å². The Kier molecular flexibility index (Phi) is 5.02. The molecule has 0 aliphatic carbocycles. The standard InChI is InChI=1S/C11H13BrF2O/c1-15-10-8(5-3-7-12)4-2-6-9(10)11(13)14/h2,4,6,11H,3,5,7H2,1H3. The number of aryl methyl sites for hydroxylation is 1. The first-order valence-electron chi connectivity index (χ1n) is 4.70. The SMILES string of the molecule is COc1c(CCCBr)cccc1C(F)F. The monoisotopic (exact) mass is 278 g/mol. The second-order valence-corrected chi connectivity index (χ2v) is 3.93. The molecule has 0 saturated heterocycles. The van der Waals surface area contributed by atoms with Crippen molar-refractivity contribution in [1.82, 2.24) is 0 Å². The molecule has 0 bridgehead atoms. The van der Waals surface area contributed by atoms with Crippen molar-refractivity contribution in [3.8, 4) is 5.75 Å². The molecule has 0 saturated carbocycles. The first-order valence-corrected chi connectivity index (χ1v) is 5.82. The molecule has 0 aromatic heterocycles. The van der Waals surface area contributed by atoms with Crippen molar-refractivity contribution >= 4 is 15.9 Å². The summed E-state index contributed by atoms with van der Waals surface area (Å²) in [7, 11) is 1.43. The van der Waals surface area contributed by atoms with Gasteiger partial charge in [0.2, 0.25) is 0 Å². The second-order valence-electron chi connectivity index (χ2n) is 3.13. The van der Waals surface area contributed by atoms with Crippen molar-refractivity contribution in [3.05, 3.63) is 29.3 Å². The molecule has 0 aliphatic rings. The molecule has 1 aromatic carbocycles. The number of methoxy groups -OCH3 is 1. The maximum Gasteiger partial charge on any atom is 0.267 e. The van der Waals surface area contributed by atoms with E-state index < -0.39 is 6.43 Å². The summed E-state index contributed by atoms with van der Waals surface area (Å²) in [6.45, 7) is 0. The first kappa shape index (κ1) is 12.4. The maximum atomic E-state index is 12.6. The highest BCUT2D eigenvalue weighted by molar-refractivity contribution is 9.09. The highest BCUT2D eigenvalue weighted by Gasteiger charge is 2.16. The lowest BCUT2D eigenvalue weighted by Gasteiger charge is -2.12. The summed E-state index contributed by atoms with van der Waals surface area (Å²) in [5, 5.41) is 0.856. The van der Waals surface area contributed by atoms with E-state index in [0.29, 0.717) is 5.75 Å². The van der Waals surface area contributed by atoms with Gasteiger partial charge in [0.05, 0.1) is 12.7 Å². The third kappa shape index (κ3) is 3.16. The van der Waals surface area contributed by atoms with Gasteiger partial charge in [0, 0.05) is 5.33 Å². The minimum atomic E-state index is -2.48. The third-order valence-electron chi connectivity index (χ3n) is 2.15. The van der Waals surface area contributed by atoms with E-state index in [4.69, 9.17) is 4.74 Å². The van der Waals surface area contributed by atoms with Crippen LogP contribution >= 0.6 is 15.9 Å². The Hall–Kier alpha value is -0.640. The van der Waals surface area contributed by atoms with E-state index in [1.165, 1.54) is 13.2 Å². The van der Waals surface area contributed by atoms with Crippen molar-refractivity contribution in [2.45, 2.75) is 19.3 Å². The fourth-order valence-electron chi connectivity index (χ4n) is 1.48. The van der Waals surface area contributed by atoms with Gasteiger partial charge in [-0.05, 0) is 24.5 Å². The number of alkyl halides is 3. The zero-order valence-corrected chi connectivity index (χ0v) is 10.1. The predicted octanol–water partition coefficient (Wildman–Crippen LogP) is 3.96. The molecule has 0 fully saturated rings. The summed E-state index contributed by atoms with van der Waals surface area (Å²) in [6.07, 6.45) is -0.832. The fourth-order valence-corrected chi connectivity index (χ4v) is 1.76. The molecule has 0 amide bonds. The van der Waals surface area contributed by atoms with Crippen LogP contribution < -0.4 is 4.74 Å². The summed E-state index contributed by atoms with van der Waals surface area (Å²) < 4.78 is 30.3. The third-order valence-corrected chi connectivity index (χ3v) is 2.71. The molecule has 0 radical (unpaired) electrons. The van der Waals surface area contributed by atoms with E-state index in [1.807, 2.05) is 6.07 Å². The van der Waals surface area contributed by atoms with Crippen molar-refractivity contribution in [3.63, 3.8) is 0 Å². The van der Waals surface area contributed by atoms with Crippen LogP contribution in [0.1, 0.15) is 24.0 Å². The Balaban J connectivity index is 2.99. The van der Waals surface area contributed by atoms with Crippen LogP contribution in [0.4, 0.5) is 8.78 Å². The lowest BCUT2D eigenvalue weighted by molar-refractivity contribution is 0.147. The molecular weight excluding hydrogens is 266 g/mol. The molecule has 0 spiro atoms. The molecule has 15 heavy (non-hydrogen) atoms. The summed E-state index contributed by atoms with van der Waals surface area (Å²) in [6, 6.07) is 4.88. The minimum Gasteiger partial charge on any atom is -0.496 e. The van der Waals surface area contributed by atoms with Gasteiger partial charge in [-0.1, -0.05) is 28.1 Å². The van der Waals surface area contributed by atoms with Crippen LogP contribution in [0.15, 0.2) is 18.2 Å². The van der Waals surface area contributed by atoms with E-state index in [2.05, 4.69) is 15.9 Å².